The lowest BCUT2D eigenvalue weighted by Gasteiger charge is -2.23. The third-order valence-corrected chi connectivity index (χ3v) is 4.14. The minimum Gasteiger partial charge on any atom is -0.493 e. The molecule has 1 saturated heterocycles. The van der Waals surface area contributed by atoms with Crippen LogP contribution < -0.4 is 14.4 Å². The summed E-state index contributed by atoms with van der Waals surface area (Å²) in [4.78, 5) is 13.6. The van der Waals surface area contributed by atoms with Gasteiger partial charge in [0, 0.05) is 31.1 Å². The van der Waals surface area contributed by atoms with E-state index in [0.29, 0.717) is 11.5 Å². The Kier molecular flexibility index (Phi) is 4.29. The first-order valence-corrected chi connectivity index (χ1v) is 7.53. The third-order valence-electron chi connectivity index (χ3n) is 4.14. The topological polar surface area (TPSA) is 50.7 Å². The van der Waals surface area contributed by atoms with Gasteiger partial charge in [-0.2, -0.15) is 0 Å². The van der Waals surface area contributed by atoms with Crippen LogP contribution in [0.1, 0.15) is 6.42 Å². The number of anilines is 1. The molecule has 6 heteroatoms. The summed E-state index contributed by atoms with van der Waals surface area (Å²) in [5, 5.41) is 1.00. The SMILES string of the molecule is COc1cc2ncnc(N3CCCN(C)CC3)c2cc1OC. The molecule has 0 amide bonds. The molecule has 2 aromatic rings. The number of hydrogen-bond donors (Lipinski definition) is 0. The van der Waals surface area contributed by atoms with Crippen molar-refractivity contribution >= 4 is 16.7 Å². The van der Waals surface area contributed by atoms with Crippen LogP contribution in [0.2, 0.25) is 0 Å². The highest BCUT2D eigenvalue weighted by molar-refractivity contribution is 5.92. The van der Waals surface area contributed by atoms with E-state index in [2.05, 4.69) is 26.8 Å². The molecule has 6 nitrogen and oxygen atoms in total. The van der Waals surface area contributed by atoms with E-state index < -0.39 is 0 Å². The first kappa shape index (κ1) is 14.8. The van der Waals surface area contributed by atoms with E-state index in [0.717, 1.165) is 49.3 Å². The van der Waals surface area contributed by atoms with E-state index in [1.54, 1.807) is 20.5 Å². The summed E-state index contributed by atoms with van der Waals surface area (Å²) in [5.41, 5.74) is 0.875. The van der Waals surface area contributed by atoms with Crippen molar-refractivity contribution in [2.75, 3.05) is 52.3 Å². The normalized spacial score (nSPS) is 16.6. The highest BCUT2D eigenvalue weighted by atomic mass is 16.5. The Morgan fingerprint density at radius 3 is 2.50 bits per heavy atom. The van der Waals surface area contributed by atoms with Crippen LogP contribution in [0.15, 0.2) is 18.5 Å². The highest BCUT2D eigenvalue weighted by Gasteiger charge is 2.18. The number of methoxy groups -OCH3 is 2. The zero-order chi connectivity index (χ0) is 15.5. The number of likely N-dealkylation sites (N-methyl/N-ethyl adjacent to an activating group) is 1. The average Bonchev–Trinajstić information content (AvgIpc) is 2.77. The fraction of sp³-hybridized carbons (Fsp3) is 0.500. The van der Waals surface area contributed by atoms with Crippen molar-refractivity contribution in [2.45, 2.75) is 6.42 Å². The van der Waals surface area contributed by atoms with Gasteiger partial charge in [0.15, 0.2) is 11.5 Å². The van der Waals surface area contributed by atoms with Crippen LogP contribution in [0.5, 0.6) is 11.5 Å². The van der Waals surface area contributed by atoms with Crippen LogP contribution in [-0.4, -0.2) is 62.3 Å². The predicted octanol–water partition coefficient (Wildman–Crippen LogP) is 1.79. The molecule has 0 spiro atoms. The van der Waals surface area contributed by atoms with Gasteiger partial charge in [0.05, 0.1) is 19.7 Å². The number of fused-ring (bicyclic) bond motifs is 1. The molecule has 0 bridgehead atoms. The van der Waals surface area contributed by atoms with Crippen LogP contribution in [0.3, 0.4) is 0 Å². The second-order valence-electron chi connectivity index (χ2n) is 5.57. The van der Waals surface area contributed by atoms with Crippen molar-refractivity contribution in [3.05, 3.63) is 18.5 Å². The van der Waals surface area contributed by atoms with Crippen molar-refractivity contribution < 1.29 is 9.47 Å². The molecule has 0 atom stereocenters. The fourth-order valence-corrected chi connectivity index (χ4v) is 2.88. The van der Waals surface area contributed by atoms with E-state index >= 15 is 0 Å². The molecule has 1 fully saturated rings. The largest absolute Gasteiger partial charge is 0.493 e. The molecule has 3 rings (SSSR count). The molecule has 2 heterocycles. The summed E-state index contributed by atoms with van der Waals surface area (Å²) in [6.45, 7) is 4.14. The van der Waals surface area contributed by atoms with Gasteiger partial charge in [-0.1, -0.05) is 0 Å². The van der Waals surface area contributed by atoms with Crippen molar-refractivity contribution in [3.63, 3.8) is 0 Å². The summed E-state index contributed by atoms with van der Waals surface area (Å²) in [6, 6.07) is 3.88. The second kappa shape index (κ2) is 6.36. The van der Waals surface area contributed by atoms with Crippen molar-refractivity contribution in [3.8, 4) is 11.5 Å². The number of benzene rings is 1. The van der Waals surface area contributed by atoms with Crippen LogP contribution in [0, 0.1) is 0 Å². The molecule has 0 N–H and O–H groups in total. The molecule has 1 aliphatic rings. The quantitative estimate of drug-likeness (QED) is 0.861. The molecule has 1 aromatic heterocycles. The maximum atomic E-state index is 5.42. The van der Waals surface area contributed by atoms with Gasteiger partial charge in [0.25, 0.3) is 0 Å². The average molecular weight is 302 g/mol. The lowest BCUT2D eigenvalue weighted by Crippen LogP contribution is -2.29. The summed E-state index contributed by atoms with van der Waals surface area (Å²) in [7, 11) is 5.44. The highest BCUT2D eigenvalue weighted by Crippen LogP contribution is 2.34. The van der Waals surface area contributed by atoms with Crippen molar-refractivity contribution in [2.24, 2.45) is 0 Å². The van der Waals surface area contributed by atoms with E-state index in [1.165, 1.54) is 0 Å². The predicted molar refractivity (Wildman–Crippen MR) is 87.0 cm³/mol. The minimum absolute atomic E-state index is 0.690. The molecular formula is C16H22N4O2. The maximum Gasteiger partial charge on any atom is 0.162 e. The van der Waals surface area contributed by atoms with E-state index in [1.807, 2.05) is 12.1 Å². The molecule has 0 aliphatic carbocycles. The zero-order valence-electron chi connectivity index (χ0n) is 13.4. The van der Waals surface area contributed by atoms with Crippen molar-refractivity contribution in [1.82, 2.24) is 14.9 Å². The van der Waals surface area contributed by atoms with E-state index in [9.17, 15) is 0 Å². The maximum absolute atomic E-state index is 5.42. The van der Waals surface area contributed by atoms with E-state index in [4.69, 9.17) is 9.47 Å². The number of ether oxygens (including phenoxy) is 2. The van der Waals surface area contributed by atoms with Gasteiger partial charge in [-0.3, -0.25) is 0 Å². The van der Waals surface area contributed by atoms with Crippen LogP contribution in [-0.2, 0) is 0 Å². The first-order valence-electron chi connectivity index (χ1n) is 7.53. The lowest BCUT2D eigenvalue weighted by molar-refractivity contribution is 0.355. The number of hydrogen-bond acceptors (Lipinski definition) is 6. The summed E-state index contributed by atoms with van der Waals surface area (Å²) in [6.07, 6.45) is 2.76. The third kappa shape index (κ3) is 2.78. The first-order chi connectivity index (χ1) is 10.7. The molecule has 0 unspecified atom stereocenters. The smallest absolute Gasteiger partial charge is 0.162 e. The van der Waals surface area contributed by atoms with Gasteiger partial charge in [0.2, 0.25) is 0 Å². The zero-order valence-corrected chi connectivity index (χ0v) is 13.4. The Morgan fingerprint density at radius 1 is 0.955 bits per heavy atom. The Bertz CT molecular complexity index is 662. The molecule has 1 aliphatic heterocycles. The summed E-state index contributed by atoms with van der Waals surface area (Å²) in [5.74, 6) is 2.37. The number of aromatic nitrogens is 2. The molecule has 0 radical (unpaired) electrons. The van der Waals surface area contributed by atoms with E-state index in [-0.39, 0.29) is 0 Å². The summed E-state index contributed by atoms with van der Waals surface area (Å²) < 4.78 is 10.8. The summed E-state index contributed by atoms with van der Waals surface area (Å²) >= 11 is 0. The molecule has 118 valence electrons. The van der Waals surface area contributed by atoms with Gasteiger partial charge in [-0.15, -0.1) is 0 Å². The Balaban J connectivity index is 2.05. The standard InChI is InChI=1S/C16H22N4O2/c1-19-5-4-6-20(8-7-19)16-12-9-14(21-2)15(22-3)10-13(12)17-11-18-16/h9-11H,4-8H2,1-3H3. The minimum atomic E-state index is 0.690. The van der Waals surface area contributed by atoms with Gasteiger partial charge in [0.1, 0.15) is 12.1 Å². The van der Waals surface area contributed by atoms with Gasteiger partial charge in [-0.25, -0.2) is 9.97 Å². The van der Waals surface area contributed by atoms with Gasteiger partial charge < -0.3 is 19.3 Å². The lowest BCUT2D eigenvalue weighted by atomic mass is 10.2. The second-order valence-corrected chi connectivity index (χ2v) is 5.57. The number of nitrogens with zero attached hydrogens (tertiary/aromatic N) is 4. The fourth-order valence-electron chi connectivity index (χ4n) is 2.88. The monoisotopic (exact) mass is 302 g/mol. The van der Waals surface area contributed by atoms with Crippen molar-refractivity contribution in [1.29, 1.82) is 0 Å². The number of rotatable bonds is 3. The Morgan fingerprint density at radius 2 is 1.73 bits per heavy atom. The van der Waals surface area contributed by atoms with Crippen LogP contribution in [0.25, 0.3) is 10.9 Å². The Labute approximate surface area is 130 Å². The van der Waals surface area contributed by atoms with Gasteiger partial charge >= 0.3 is 0 Å². The molecule has 22 heavy (non-hydrogen) atoms. The van der Waals surface area contributed by atoms with Crippen LogP contribution in [0.4, 0.5) is 5.82 Å². The molecule has 1 aromatic carbocycles. The van der Waals surface area contributed by atoms with Crippen LogP contribution >= 0.6 is 0 Å². The Hall–Kier alpha value is -2.08. The van der Waals surface area contributed by atoms with Gasteiger partial charge in [-0.05, 0) is 26.1 Å². The molecule has 0 saturated carbocycles. The molecular weight excluding hydrogens is 280 g/mol.